The minimum absolute atomic E-state index is 0.614. The zero-order valence-corrected chi connectivity index (χ0v) is 11.9. The topological polar surface area (TPSA) is 55.9 Å². The van der Waals surface area contributed by atoms with Crippen LogP contribution in [0.15, 0.2) is 34.9 Å². The summed E-state index contributed by atoms with van der Waals surface area (Å²) in [6.45, 7) is 1.37. The van der Waals surface area contributed by atoms with Gasteiger partial charge in [0.25, 0.3) is 0 Å². The normalized spacial score (nSPS) is 10.6. The zero-order chi connectivity index (χ0) is 13.0. The highest BCUT2D eigenvalue weighted by Crippen LogP contribution is 2.23. The Morgan fingerprint density at radius 3 is 2.89 bits per heavy atom. The molecule has 96 valence electrons. The maximum absolute atomic E-state index is 5.51. The molecule has 0 fully saturated rings. The van der Waals surface area contributed by atoms with Gasteiger partial charge in [-0.15, -0.1) is 0 Å². The number of nitrogens with two attached hydrogens (primary N) is 1. The van der Waals surface area contributed by atoms with Gasteiger partial charge in [-0.25, -0.2) is 0 Å². The van der Waals surface area contributed by atoms with Crippen molar-refractivity contribution < 1.29 is 0 Å². The molecule has 5 heteroatoms. The molecule has 4 nitrogen and oxygen atoms in total. The standard InChI is InChI=1S/C13H17BrN4/c1-18-13(12(9-17-18)16-7-6-15)8-10-4-2-3-5-11(10)14/h2-5,9,16H,6-8,15H2,1H3. The molecule has 0 amide bonds. The number of hydrogen-bond donors (Lipinski definition) is 2. The van der Waals surface area contributed by atoms with E-state index < -0.39 is 0 Å². The van der Waals surface area contributed by atoms with Gasteiger partial charge in [0.15, 0.2) is 0 Å². The van der Waals surface area contributed by atoms with Crippen molar-refractivity contribution in [2.75, 3.05) is 18.4 Å². The quantitative estimate of drug-likeness (QED) is 0.890. The van der Waals surface area contributed by atoms with Gasteiger partial charge in [-0.1, -0.05) is 34.1 Å². The maximum Gasteiger partial charge on any atom is 0.0762 e. The molecule has 2 aromatic rings. The van der Waals surface area contributed by atoms with Gasteiger partial charge in [0.05, 0.1) is 17.6 Å². The molecule has 0 unspecified atom stereocenters. The van der Waals surface area contributed by atoms with Gasteiger partial charge in [-0.2, -0.15) is 5.10 Å². The Labute approximate surface area is 115 Å². The number of hydrogen-bond acceptors (Lipinski definition) is 3. The Morgan fingerprint density at radius 1 is 1.39 bits per heavy atom. The SMILES string of the molecule is Cn1ncc(NCCN)c1Cc1ccccc1Br. The Balaban J connectivity index is 2.23. The highest BCUT2D eigenvalue weighted by Gasteiger charge is 2.10. The molecular formula is C13H17BrN4. The highest BCUT2D eigenvalue weighted by molar-refractivity contribution is 9.10. The Kier molecular flexibility index (Phi) is 4.38. The fraction of sp³-hybridized carbons (Fsp3) is 0.308. The van der Waals surface area contributed by atoms with E-state index in [9.17, 15) is 0 Å². The van der Waals surface area contributed by atoms with E-state index in [2.05, 4.69) is 38.5 Å². The molecule has 0 atom stereocenters. The van der Waals surface area contributed by atoms with Crippen LogP contribution in [-0.2, 0) is 13.5 Å². The summed E-state index contributed by atoms with van der Waals surface area (Å²) >= 11 is 3.57. The second-order valence-corrected chi connectivity index (χ2v) is 4.97. The third-order valence-electron chi connectivity index (χ3n) is 2.84. The molecule has 18 heavy (non-hydrogen) atoms. The van der Waals surface area contributed by atoms with Crippen molar-refractivity contribution in [2.24, 2.45) is 12.8 Å². The molecule has 0 aliphatic carbocycles. The molecule has 2 rings (SSSR count). The van der Waals surface area contributed by atoms with Gasteiger partial charge in [0, 0.05) is 31.0 Å². The summed E-state index contributed by atoms with van der Waals surface area (Å²) < 4.78 is 3.02. The summed E-state index contributed by atoms with van der Waals surface area (Å²) in [7, 11) is 1.96. The number of benzene rings is 1. The van der Waals surface area contributed by atoms with Crippen molar-refractivity contribution >= 4 is 21.6 Å². The van der Waals surface area contributed by atoms with Gasteiger partial charge in [0.1, 0.15) is 0 Å². The number of halogens is 1. The average Bonchev–Trinajstić information content (AvgIpc) is 2.71. The second-order valence-electron chi connectivity index (χ2n) is 4.11. The predicted molar refractivity (Wildman–Crippen MR) is 77.7 cm³/mol. The summed E-state index contributed by atoms with van der Waals surface area (Å²) in [5.41, 5.74) is 8.98. The number of nitrogens with one attached hydrogen (secondary N) is 1. The van der Waals surface area contributed by atoms with Crippen LogP contribution in [0.1, 0.15) is 11.3 Å². The van der Waals surface area contributed by atoms with E-state index in [0.29, 0.717) is 6.54 Å². The molecule has 1 heterocycles. The first-order valence-electron chi connectivity index (χ1n) is 5.90. The van der Waals surface area contributed by atoms with Crippen LogP contribution in [-0.4, -0.2) is 22.9 Å². The van der Waals surface area contributed by atoms with Gasteiger partial charge < -0.3 is 11.1 Å². The summed E-state index contributed by atoms with van der Waals surface area (Å²) in [5.74, 6) is 0. The van der Waals surface area contributed by atoms with Crippen LogP contribution >= 0.6 is 15.9 Å². The minimum Gasteiger partial charge on any atom is -0.381 e. The smallest absolute Gasteiger partial charge is 0.0762 e. The molecule has 3 N–H and O–H groups in total. The fourth-order valence-electron chi connectivity index (χ4n) is 1.85. The van der Waals surface area contributed by atoms with Gasteiger partial charge in [0.2, 0.25) is 0 Å². The number of aromatic nitrogens is 2. The molecule has 0 saturated carbocycles. The molecule has 0 radical (unpaired) electrons. The highest BCUT2D eigenvalue weighted by atomic mass is 79.9. The molecular weight excluding hydrogens is 292 g/mol. The number of nitrogens with zero attached hydrogens (tertiary/aromatic N) is 2. The molecule has 0 saturated heterocycles. The molecule has 0 bridgehead atoms. The van der Waals surface area contributed by atoms with E-state index in [1.807, 2.05) is 30.1 Å². The first-order chi connectivity index (χ1) is 8.72. The molecule has 0 aliphatic heterocycles. The monoisotopic (exact) mass is 308 g/mol. The lowest BCUT2D eigenvalue weighted by atomic mass is 10.1. The molecule has 0 spiro atoms. The Bertz CT molecular complexity index is 521. The van der Waals surface area contributed by atoms with Crippen LogP contribution in [0.4, 0.5) is 5.69 Å². The lowest BCUT2D eigenvalue weighted by Gasteiger charge is -2.09. The Hall–Kier alpha value is -1.33. The van der Waals surface area contributed by atoms with Crippen LogP contribution in [0.2, 0.25) is 0 Å². The van der Waals surface area contributed by atoms with Gasteiger partial charge in [-0.3, -0.25) is 4.68 Å². The van der Waals surface area contributed by atoms with E-state index in [4.69, 9.17) is 5.73 Å². The first-order valence-corrected chi connectivity index (χ1v) is 6.70. The Morgan fingerprint density at radius 2 is 2.17 bits per heavy atom. The fourth-order valence-corrected chi connectivity index (χ4v) is 2.27. The first kappa shape index (κ1) is 13.1. The van der Waals surface area contributed by atoms with Crippen molar-refractivity contribution in [3.05, 3.63) is 46.2 Å². The van der Waals surface area contributed by atoms with Crippen molar-refractivity contribution in [1.82, 2.24) is 9.78 Å². The minimum atomic E-state index is 0.614. The van der Waals surface area contributed by atoms with Crippen LogP contribution in [0.25, 0.3) is 0 Å². The van der Waals surface area contributed by atoms with Crippen LogP contribution in [0.3, 0.4) is 0 Å². The van der Waals surface area contributed by atoms with E-state index in [1.54, 1.807) is 0 Å². The average molecular weight is 309 g/mol. The number of anilines is 1. The van der Waals surface area contributed by atoms with Crippen molar-refractivity contribution in [3.8, 4) is 0 Å². The van der Waals surface area contributed by atoms with Crippen LogP contribution in [0.5, 0.6) is 0 Å². The van der Waals surface area contributed by atoms with E-state index in [-0.39, 0.29) is 0 Å². The molecule has 0 aliphatic rings. The second kappa shape index (κ2) is 6.02. The van der Waals surface area contributed by atoms with Crippen molar-refractivity contribution in [3.63, 3.8) is 0 Å². The van der Waals surface area contributed by atoms with E-state index in [1.165, 1.54) is 5.56 Å². The number of aryl methyl sites for hydroxylation is 1. The maximum atomic E-state index is 5.51. The van der Waals surface area contributed by atoms with Crippen LogP contribution in [0, 0.1) is 0 Å². The number of rotatable bonds is 5. The molecule has 1 aromatic heterocycles. The van der Waals surface area contributed by atoms with Gasteiger partial charge in [-0.05, 0) is 11.6 Å². The third-order valence-corrected chi connectivity index (χ3v) is 3.61. The summed E-state index contributed by atoms with van der Waals surface area (Å²) in [4.78, 5) is 0. The summed E-state index contributed by atoms with van der Waals surface area (Å²) in [6, 6.07) is 8.23. The zero-order valence-electron chi connectivity index (χ0n) is 10.4. The summed E-state index contributed by atoms with van der Waals surface area (Å²) in [6.07, 6.45) is 2.69. The largest absolute Gasteiger partial charge is 0.381 e. The summed E-state index contributed by atoms with van der Waals surface area (Å²) in [5, 5.41) is 7.59. The van der Waals surface area contributed by atoms with E-state index in [0.717, 1.165) is 28.8 Å². The lowest BCUT2D eigenvalue weighted by molar-refractivity contribution is 0.724. The predicted octanol–water partition coefficient (Wildman–Crippen LogP) is 2.14. The van der Waals surface area contributed by atoms with Gasteiger partial charge >= 0.3 is 0 Å². The molecule has 1 aromatic carbocycles. The lowest BCUT2D eigenvalue weighted by Crippen LogP contribution is -2.14. The van der Waals surface area contributed by atoms with Crippen molar-refractivity contribution in [2.45, 2.75) is 6.42 Å². The third kappa shape index (κ3) is 2.91. The van der Waals surface area contributed by atoms with Crippen molar-refractivity contribution in [1.29, 1.82) is 0 Å². The van der Waals surface area contributed by atoms with Crippen LogP contribution < -0.4 is 11.1 Å². The van der Waals surface area contributed by atoms with E-state index >= 15 is 0 Å².